The molecule has 3 heterocycles. The van der Waals surface area contributed by atoms with Gasteiger partial charge in [0.05, 0.1) is 6.04 Å². The average molecular weight is 309 g/mol. The van der Waals surface area contributed by atoms with E-state index in [0.717, 1.165) is 23.0 Å². The fourth-order valence-corrected chi connectivity index (χ4v) is 2.46. The minimum Gasteiger partial charge on any atom is -0.337 e. The molecule has 0 amide bonds. The highest BCUT2D eigenvalue weighted by atomic mass is 79.9. The van der Waals surface area contributed by atoms with E-state index in [2.05, 4.69) is 36.4 Å². The summed E-state index contributed by atoms with van der Waals surface area (Å²) < 4.78 is 6.24. The van der Waals surface area contributed by atoms with Gasteiger partial charge in [-0.1, -0.05) is 11.6 Å². The third-order valence-corrected chi connectivity index (χ3v) is 3.45. The number of nitrogens with one attached hydrogen (secondary N) is 1. The Balaban J connectivity index is 1.84. The van der Waals surface area contributed by atoms with Crippen LogP contribution in [0.25, 0.3) is 11.4 Å². The lowest BCUT2D eigenvalue weighted by molar-refractivity contribution is 0.297. The molecule has 0 aliphatic carbocycles. The molecule has 0 spiro atoms. The molecule has 2 aromatic rings. The van der Waals surface area contributed by atoms with E-state index in [0.29, 0.717) is 11.7 Å². The SMILES string of the molecule is Brc1cncc(-c2noc([C@H]3CCCCN3)n2)c1. The summed E-state index contributed by atoms with van der Waals surface area (Å²) in [5, 5.41) is 7.41. The van der Waals surface area contributed by atoms with Crippen molar-refractivity contribution in [2.24, 2.45) is 0 Å². The molecule has 0 bridgehead atoms. The van der Waals surface area contributed by atoms with Crippen molar-refractivity contribution in [3.8, 4) is 11.4 Å². The molecule has 6 heteroatoms. The zero-order valence-corrected chi connectivity index (χ0v) is 11.4. The van der Waals surface area contributed by atoms with Gasteiger partial charge < -0.3 is 9.84 Å². The van der Waals surface area contributed by atoms with Gasteiger partial charge in [0, 0.05) is 22.4 Å². The molecule has 94 valence electrons. The molecule has 3 rings (SSSR count). The number of pyridine rings is 1. The molecule has 0 aromatic carbocycles. The van der Waals surface area contributed by atoms with E-state index in [9.17, 15) is 0 Å². The molecule has 1 aliphatic rings. The Morgan fingerprint density at radius 1 is 1.33 bits per heavy atom. The van der Waals surface area contributed by atoms with Crippen LogP contribution in [-0.2, 0) is 0 Å². The van der Waals surface area contributed by atoms with Crippen molar-refractivity contribution in [3.05, 3.63) is 28.8 Å². The standard InChI is InChI=1S/C12H13BrN4O/c13-9-5-8(6-14-7-9)11-16-12(18-17-11)10-3-1-2-4-15-10/h5-7,10,15H,1-4H2/t10-/m1/s1. The molecular weight excluding hydrogens is 296 g/mol. The van der Waals surface area contributed by atoms with E-state index in [4.69, 9.17) is 4.52 Å². The maximum absolute atomic E-state index is 5.33. The van der Waals surface area contributed by atoms with Crippen molar-refractivity contribution in [2.75, 3.05) is 6.54 Å². The van der Waals surface area contributed by atoms with Crippen LogP contribution < -0.4 is 5.32 Å². The van der Waals surface area contributed by atoms with E-state index in [1.165, 1.54) is 12.8 Å². The Kier molecular flexibility index (Phi) is 3.38. The molecule has 1 saturated heterocycles. The topological polar surface area (TPSA) is 63.8 Å². The first-order valence-electron chi connectivity index (χ1n) is 6.01. The molecule has 0 unspecified atom stereocenters. The molecule has 1 N–H and O–H groups in total. The Morgan fingerprint density at radius 3 is 3.06 bits per heavy atom. The Morgan fingerprint density at radius 2 is 2.28 bits per heavy atom. The first-order valence-corrected chi connectivity index (χ1v) is 6.80. The van der Waals surface area contributed by atoms with E-state index < -0.39 is 0 Å². The van der Waals surface area contributed by atoms with Crippen LogP contribution in [0, 0.1) is 0 Å². The summed E-state index contributed by atoms with van der Waals surface area (Å²) in [6.45, 7) is 1.01. The summed E-state index contributed by atoms with van der Waals surface area (Å²) in [4.78, 5) is 8.54. The number of rotatable bonds is 2. The predicted molar refractivity (Wildman–Crippen MR) is 69.8 cm³/mol. The second kappa shape index (κ2) is 5.16. The largest absolute Gasteiger partial charge is 0.337 e. The lowest BCUT2D eigenvalue weighted by atomic mass is 10.1. The number of hydrogen-bond acceptors (Lipinski definition) is 5. The van der Waals surface area contributed by atoms with Gasteiger partial charge >= 0.3 is 0 Å². The zero-order chi connectivity index (χ0) is 12.4. The fraction of sp³-hybridized carbons (Fsp3) is 0.417. The Bertz CT molecular complexity index is 536. The fourth-order valence-electron chi connectivity index (χ4n) is 2.09. The highest BCUT2D eigenvalue weighted by molar-refractivity contribution is 9.10. The molecule has 1 aliphatic heterocycles. The zero-order valence-electron chi connectivity index (χ0n) is 9.77. The summed E-state index contributed by atoms with van der Waals surface area (Å²) in [7, 11) is 0. The van der Waals surface area contributed by atoms with Crippen molar-refractivity contribution in [1.82, 2.24) is 20.4 Å². The van der Waals surface area contributed by atoms with Crippen LogP contribution in [-0.4, -0.2) is 21.7 Å². The normalized spacial score (nSPS) is 19.9. The van der Waals surface area contributed by atoms with Crippen LogP contribution in [0.1, 0.15) is 31.2 Å². The van der Waals surface area contributed by atoms with Crippen LogP contribution in [0.3, 0.4) is 0 Å². The quantitative estimate of drug-likeness (QED) is 0.924. The minimum atomic E-state index is 0.195. The highest BCUT2D eigenvalue weighted by Gasteiger charge is 2.21. The van der Waals surface area contributed by atoms with Gasteiger partial charge in [-0.3, -0.25) is 4.98 Å². The number of nitrogens with zero attached hydrogens (tertiary/aromatic N) is 3. The number of halogens is 1. The van der Waals surface area contributed by atoms with Gasteiger partial charge in [-0.25, -0.2) is 0 Å². The van der Waals surface area contributed by atoms with Gasteiger partial charge in [0.1, 0.15) is 0 Å². The monoisotopic (exact) mass is 308 g/mol. The van der Waals surface area contributed by atoms with Crippen LogP contribution in [0.5, 0.6) is 0 Å². The molecule has 5 nitrogen and oxygen atoms in total. The smallest absolute Gasteiger partial charge is 0.244 e. The molecule has 0 radical (unpaired) electrons. The summed E-state index contributed by atoms with van der Waals surface area (Å²) >= 11 is 3.38. The summed E-state index contributed by atoms with van der Waals surface area (Å²) in [5.74, 6) is 1.26. The third-order valence-electron chi connectivity index (χ3n) is 3.01. The first kappa shape index (κ1) is 11.8. The van der Waals surface area contributed by atoms with Crippen LogP contribution in [0.15, 0.2) is 27.5 Å². The second-order valence-electron chi connectivity index (χ2n) is 4.35. The molecule has 0 saturated carbocycles. The second-order valence-corrected chi connectivity index (χ2v) is 5.27. The lowest BCUT2D eigenvalue weighted by Crippen LogP contribution is -2.26. The van der Waals surface area contributed by atoms with Crippen molar-refractivity contribution >= 4 is 15.9 Å². The molecule has 1 atom stereocenters. The van der Waals surface area contributed by atoms with Crippen LogP contribution >= 0.6 is 15.9 Å². The first-order chi connectivity index (χ1) is 8.83. The number of hydrogen-bond donors (Lipinski definition) is 1. The van der Waals surface area contributed by atoms with Gasteiger partial charge in [0.2, 0.25) is 11.7 Å². The molecule has 18 heavy (non-hydrogen) atoms. The maximum atomic E-state index is 5.33. The van der Waals surface area contributed by atoms with Gasteiger partial charge in [-0.05, 0) is 41.4 Å². The van der Waals surface area contributed by atoms with Gasteiger partial charge in [-0.15, -0.1) is 0 Å². The van der Waals surface area contributed by atoms with Crippen molar-refractivity contribution in [2.45, 2.75) is 25.3 Å². The van der Waals surface area contributed by atoms with Crippen molar-refractivity contribution < 1.29 is 4.52 Å². The summed E-state index contributed by atoms with van der Waals surface area (Å²) in [6.07, 6.45) is 6.93. The van der Waals surface area contributed by atoms with Crippen LogP contribution in [0.4, 0.5) is 0 Å². The number of piperidine rings is 1. The van der Waals surface area contributed by atoms with Crippen molar-refractivity contribution in [1.29, 1.82) is 0 Å². The molecule has 1 fully saturated rings. The van der Waals surface area contributed by atoms with Gasteiger partial charge in [-0.2, -0.15) is 4.98 Å². The van der Waals surface area contributed by atoms with Crippen molar-refractivity contribution in [3.63, 3.8) is 0 Å². The molecular formula is C12H13BrN4O. The van der Waals surface area contributed by atoms with Gasteiger partial charge in [0.15, 0.2) is 0 Å². The van der Waals surface area contributed by atoms with E-state index in [-0.39, 0.29) is 6.04 Å². The lowest BCUT2D eigenvalue weighted by Gasteiger charge is -2.19. The average Bonchev–Trinajstić information content (AvgIpc) is 2.89. The maximum Gasteiger partial charge on any atom is 0.244 e. The van der Waals surface area contributed by atoms with E-state index >= 15 is 0 Å². The minimum absolute atomic E-state index is 0.195. The predicted octanol–water partition coefficient (Wildman–Crippen LogP) is 2.71. The van der Waals surface area contributed by atoms with Gasteiger partial charge in [0.25, 0.3) is 0 Å². The molecule has 2 aromatic heterocycles. The Hall–Kier alpha value is -1.27. The van der Waals surface area contributed by atoms with Crippen LogP contribution in [0.2, 0.25) is 0 Å². The Labute approximate surface area is 113 Å². The summed E-state index contributed by atoms with van der Waals surface area (Å²) in [5.41, 5.74) is 0.857. The number of aromatic nitrogens is 3. The highest BCUT2D eigenvalue weighted by Crippen LogP contribution is 2.24. The van der Waals surface area contributed by atoms with E-state index in [1.54, 1.807) is 12.4 Å². The van der Waals surface area contributed by atoms with E-state index in [1.807, 2.05) is 6.07 Å². The third kappa shape index (κ3) is 2.44. The summed E-state index contributed by atoms with van der Waals surface area (Å²) in [6, 6.07) is 2.12.